The summed E-state index contributed by atoms with van der Waals surface area (Å²) in [5, 5.41) is 14.4. The van der Waals surface area contributed by atoms with Gasteiger partial charge in [-0.1, -0.05) is 35.9 Å². The first kappa shape index (κ1) is 19.3. The number of carbonyl (C=O) groups is 1. The molecule has 0 fully saturated rings. The third-order valence-electron chi connectivity index (χ3n) is 3.76. The van der Waals surface area contributed by atoms with Gasteiger partial charge in [-0.25, -0.2) is 0 Å². The van der Waals surface area contributed by atoms with E-state index in [9.17, 15) is 14.9 Å². The number of nitro benzene ring substituents is 1. The lowest BCUT2D eigenvalue weighted by atomic mass is 10.1. The number of non-ortho nitro benzene ring substituents is 1. The number of thioether (sulfide) groups is 1. The fourth-order valence-corrected chi connectivity index (χ4v) is 3.26. The van der Waals surface area contributed by atoms with E-state index in [1.54, 1.807) is 24.3 Å². The molecule has 5 nitrogen and oxygen atoms in total. The zero-order valence-corrected chi connectivity index (χ0v) is 15.5. The molecule has 1 amide bonds. The third kappa shape index (κ3) is 5.76. The minimum atomic E-state index is -0.415. The van der Waals surface area contributed by atoms with Gasteiger partial charge in [0.15, 0.2) is 0 Å². The first-order valence-corrected chi connectivity index (χ1v) is 9.20. The van der Waals surface area contributed by atoms with Crippen molar-refractivity contribution in [1.82, 2.24) is 5.32 Å². The Morgan fingerprint density at radius 2 is 1.88 bits per heavy atom. The number of nitrogens with zero attached hydrogens (tertiary/aromatic N) is 1. The van der Waals surface area contributed by atoms with Gasteiger partial charge in [-0.2, -0.15) is 0 Å². The molecule has 0 bridgehead atoms. The summed E-state index contributed by atoms with van der Waals surface area (Å²) in [6.45, 7) is 3.84. The fraction of sp³-hybridized carbons (Fsp3) is 0.278. The van der Waals surface area contributed by atoms with Crippen LogP contribution in [0.3, 0.4) is 0 Å². The van der Waals surface area contributed by atoms with Crippen molar-refractivity contribution in [3.05, 3.63) is 74.8 Å². The van der Waals surface area contributed by atoms with E-state index in [-0.39, 0.29) is 28.6 Å². The fourth-order valence-electron chi connectivity index (χ4n) is 2.31. The number of nitro groups is 1. The average molecular weight is 379 g/mol. The summed E-state index contributed by atoms with van der Waals surface area (Å²) in [7, 11) is 0. The molecule has 0 spiro atoms. The number of nitrogens with one attached hydrogen (secondary N) is 1. The van der Waals surface area contributed by atoms with Crippen molar-refractivity contribution in [2.24, 2.45) is 0 Å². The van der Waals surface area contributed by atoms with Crippen LogP contribution < -0.4 is 5.32 Å². The molecule has 25 heavy (non-hydrogen) atoms. The number of hydrogen-bond donors (Lipinski definition) is 1. The van der Waals surface area contributed by atoms with Gasteiger partial charge in [-0.15, -0.1) is 11.8 Å². The lowest BCUT2D eigenvalue weighted by Crippen LogP contribution is -2.28. The van der Waals surface area contributed by atoms with E-state index in [1.807, 2.05) is 32.0 Å². The molecule has 0 saturated heterocycles. The van der Waals surface area contributed by atoms with Crippen molar-refractivity contribution in [2.45, 2.75) is 25.1 Å². The molecule has 2 rings (SSSR count). The minimum absolute atomic E-state index is 0.0171. The lowest BCUT2D eigenvalue weighted by Gasteiger charge is -2.16. The van der Waals surface area contributed by atoms with Gasteiger partial charge in [-0.3, -0.25) is 14.9 Å². The van der Waals surface area contributed by atoms with Gasteiger partial charge in [0.05, 0.1) is 16.7 Å². The van der Waals surface area contributed by atoms with Crippen molar-refractivity contribution in [2.75, 3.05) is 5.75 Å². The van der Waals surface area contributed by atoms with Crippen LogP contribution in [0.1, 0.15) is 36.3 Å². The molecular formula is C18H19ClN2O3S. The number of benzene rings is 2. The van der Waals surface area contributed by atoms with E-state index in [4.69, 9.17) is 11.6 Å². The van der Waals surface area contributed by atoms with E-state index in [0.29, 0.717) is 5.02 Å². The largest absolute Gasteiger partial charge is 0.349 e. The van der Waals surface area contributed by atoms with Gasteiger partial charge in [0.25, 0.3) is 5.69 Å². The summed E-state index contributed by atoms with van der Waals surface area (Å²) < 4.78 is 0. The van der Waals surface area contributed by atoms with Gasteiger partial charge >= 0.3 is 0 Å². The molecule has 0 saturated carbocycles. The van der Waals surface area contributed by atoms with Crippen molar-refractivity contribution < 1.29 is 9.72 Å². The van der Waals surface area contributed by atoms with E-state index in [2.05, 4.69) is 5.32 Å². The van der Waals surface area contributed by atoms with Gasteiger partial charge in [0, 0.05) is 22.4 Å². The number of halogens is 1. The predicted molar refractivity (Wildman–Crippen MR) is 102 cm³/mol. The average Bonchev–Trinajstić information content (AvgIpc) is 2.60. The normalized spacial score (nSPS) is 13.1. The monoisotopic (exact) mass is 378 g/mol. The standard InChI is InChI=1S/C18H19ClN2O3S/c1-12(14-6-8-16(19)9-7-14)20-18(22)11-25-13(2)15-4-3-5-17(10-15)21(23)24/h3-10,12-13H,11H2,1-2H3,(H,20,22)/t12-,13-/m0/s1. The van der Waals surface area contributed by atoms with Crippen molar-refractivity contribution in [1.29, 1.82) is 0 Å². The van der Waals surface area contributed by atoms with Crippen LogP contribution in [0, 0.1) is 10.1 Å². The topological polar surface area (TPSA) is 72.2 Å². The highest BCUT2D eigenvalue weighted by molar-refractivity contribution is 8.00. The highest BCUT2D eigenvalue weighted by atomic mass is 35.5. The zero-order chi connectivity index (χ0) is 18.4. The number of rotatable bonds is 7. The summed E-state index contributed by atoms with van der Waals surface area (Å²) in [4.78, 5) is 22.6. The first-order valence-electron chi connectivity index (χ1n) is 7.77. The Bertz CT molecular complexity index is 752. The van der Waals surface area contributed by atoms with Crippen LogP contribution in [0.2, 0.25) is 5.02 Å². The molecule has 2 aromatic carbocycles. The quantitative estimate of drug-likeness (QED) is 0.548. The third-order valence-corrected chi connectivity index (χ3v) is 5.22. The minimum Gasteiger partial charge on any atom is -0.349 e. The second kappa shape index (κ2) is 8.87. The van der Waals surface area contributed by atoms with Gasteiger partial charge in [-0.05, 0) is 37.1 Å². The van der Waals surface area contributed by atoms with E-state index in [0.717, 1.165) is 11.1 Å². The maximum atomic E-state index is 12.1. The molecule has 0 unspecified atom stereocenters. The molecule has 132 valence electrons. The van der Waals surface area contributed by atoms with Crippen molar-refractivity contribution in [3.63, 3.8) is 0 Å². The van der Waals surface area contributed by atoms with Gasteiger partial charge in [0.1, 0.15) is 0 Å². The zero-order valence-electron chi connectivity index (χ0n) is 13.9. The van der Waals surface area contributed by atoms with Crippen molar-refractivity contribution >= 4 is 35.0 Å². The second-order valence-electron chi connectivity index (χ2n) is 5.65. The highest BCUT2D eigenvalue weighted by Gasteiger charge is 2.14. The van der Waals surface area contributed by atoms with E-state index in [1.165, 1.54) is 17.8 Å². The molecule has 2 atom stereocenters. The summed E-state index contributed by atoms with van der Waals surface area (Å²) in [6.07, 6.45) is 0. The SMILES string of the molecule is C[C@H](NC(=O)CS[C@@H](C)c1cccc([N+](=O)[O-])c1)c1ccc(Cl)cc1. The van der Waals surface area contributed by atoms with Crippen LogP contribution in [0.4, 0.5) is 5.69 Å². The van der Waals surface area contributed by atoms with Crippen LogP contribution in [-0.2, 0) is 4.79 Å². The van der Waals surface area contributed by atoms with Crippen LogP contribution in [0.15, 0.2) is 48.5 Å². The molecule has 0 aliphatic heterocycles. The Morgan fingerprint density at radius 3 is 2.52 bits per heavy atom. The van der Waals surface area contributed by atoms with Gasteiger partial charge in [0.2, 0.25) is 5.91 Å². The first-order chi connectivity index (χ1) is 11.9. The summed E-state index contributed by atoms with van der Waals surface area (Å²) in [5.41, 5.74) is 1.87. The molecule has 0 aromatic heterocycles. The second-order valence-corrected chi connectivity index (χ2v) is 7.41. The summed E-state index contributed by atoms with van der Waals surface area (Å²) >= 11 is 7.30. The Hall–Kier alpha value is -2.05. The molecule has 2 aromatic rings. The van der Waals surface area contributed by atoms with Crippen LogP contribution in [-0.4, -0.2) is 16.6 Å². The molecule has 0 aliphatic rings. The number of amides is 1. The van der Waals surface area contributed by atoms with Crippen LogP contribution in [0.5, 0.6) is 0 Å². The molecule has 0 aliphatic carbocycles. The van der Waals surface area contributed by atoms with E-state index >= 15 is 0 Å². The Kier molecular flexibility index (Phi) is 6.84. The smallest absolute Gasteiger partial charge is 0.269 e. The van der Waals surface area contributed by atoms with Crippen molar-refractivity contribution in [3.8, 4) is 0 Å². The van der Waals surface area contributed by atoms with E-state index < -0.39 is 4.92 Å². The summed E-state index contributed by atoms with van der Waals surface area (Å²) in [5.74, 6) is 0.201. The Balaban J connectivity index is 1.87. The predicted octanol–water partition coefficient (Wildman–Crippen LogP) is 4.92. The number of hydrogen-bond acceptors (Lipinski definition) is 4. The molecule has 0 radical (unpaired) electrons. The maximum Gasteiger partial charge on any atom is 0.269 e. The van der Waals surface area contributed by atoms with Crippen LogP contribution in [0.25, 0.3) is 0 Å². The summed E-state index contributed by atoms with van der Waals surface area (Å²) in [6, 6.07) is 13.7. The molecule has 1 N–H and O–H groups in total. The lowest BCUT2D eigenvalue weighted by molar-refractivity contribution is -0.384. The Labute approximate surface area is 155 Å². The molecule has 0 heterocycles. The number of carbonyl (C=O) groups excluding carboxylic acids is 1. The highest BCUT2D eigenvalue weighted by Crippen LogP contribution is 2.30. The Morgan fingerprint density at radius 1 is 1.20 bits per heavy atom. The maximum absolute atomic E-state index is 12.1. The van der Waals surface area contributed by atoms with Crippen LogP contribution >= 0.6 is 23.4 Å². The molecular weight excluding hydrogens is 360 g/mol. The van der Waals surface area contributed by atoms with Gasteiger partial charge < -0.3 is 5.32 Å². The molecule has 7 heteroatoms.